The fourth-order valence-corrected chi connectivity index (χ4v) is 0.889. The van der Waals surface area contributed by atoms with Crippen molar-refractivity contribution in [1.29, 1.82) is 0 Å². The molecule has 1 atom stereocenters. The highest BCUT2D eigenvalue weighted by Crippen LogP contribution is 1.96. The van der Waals surface area contributed by atoms with Crippen LogP contribution < -0.4 is 5.32 Å². The maximum Gasteiger partial charge on any atom is 0.0244 e. The Morgan fingerprint density at radius 1 is 1.64 bits per heavy atom. The van der Waals surface area contributed by atoms with E-state index < -0.39 is 0 Å². The van der Waals surface area contributed by atoms with Gasteiger partial charge in [-0.15, -0.1) is 6.58 Å². The van der Waals surface area contributed by atoms with Gasteiger partial charge in [0.25, 0.3) is 0 Å². The fourth-order valence-electron chi connectivity index (χ4n) is 0.889. The van der Waals surface area contributed by atoms with Crippen molar-refractivity contribution in [1.82, 2.24) is 10.2 Å². The number of nitrogens with one attached hydrogen (secondary N) is 1. The highest BCUT2D eigenvalue weighted by Gasteiger charge is 2.02. The van der Waals surface area contributed by atoms with Gasteiger partial charge in [0.15, 0.2) is 0 Å². The van der Waals surface area contributed by atoms with E-state index in [1.54, 1.807) is 0 Å². The molecular weight excluding hydrogens is 136 g/mol. The molecule has 0 bridgehead atoms. The molecule has 11 heavy (non-hydrogen) atoms. The third-order valence-electron chi connectivity index (χ3n) is 1.97. The Hall–Kier alpha value is -0.340. The number of rotatable bonds is 6. The van der Waals surface area contributed by atoms with Gasteiger partial charge in [-0.1, -0.05) is 6.08 Å². The molecule has 0 heterocycles. The van der Waals surface area contributed by atoms with Crippen LogP contribution in [0.25, 0.3) is 0 Å². The Bertz CT molecular complexity index is 102. The van der Waals surface area contributed by atoms with Crippen LogP contribution in [-0.4, -0.2) is 38.1 Å². The van der Waals surface area contributed by atoms with Gasteiger partial charge >= 0.3 is 0 Å². The Morgan fingerprint density at radius 3 is 2.73 bits per heavy atom. The zero-order chi connectivity index (χ0) is 8.69. The van der Waals surface area contributed by atoms with Gasteiger partial charge in [0, 0.05) is 6.04 Å². The molecule has 0 aromatic carbocycles. The second-order valence-electron chi connectivity index (χ2n) is 2.91. The second-order valence-corrected chi connectivity index (χ2v) is 2.91. The van der Waals surface area contributed by atoms with Crippen molar-refractivity contribution < 1.29 is 0 Å². The topological polar surface area (TPSA) is 15.3 Å². The highest BCUT2D eigenvalue weighted by atomic mass is 15.1. The predicted octanol–water partition coefficient (Wildman–Crippen LogP) is 1.10. The minimum atomic E-state index is 0.492. The summed E-state index contributed by atoms with van der Waals surface area (Å²) in [7, 11) is 4.11. The molecule has 0 aliphatic rings. The van der Waals surface area contributed by atoms with Crippen molar-refractivity contribution in [2.24, 2.45) is 0 Å². The van der Waals surface area contributed by atoms with Crippen LogP contribution in [0, 0.1) is 0 Å². The number of hydrogen-bond acceptors (Lipinski definition) is 2. The Labute approximate surface area is 70.3 Å². The van der Waals surface area contributed by atoms with Gasteiger partial charge in [-0.25, -0.2) is 0 Å². The van der Waals surface area contributed by atoms with Gasteiger partial charge in [-0.3, -0.25) is 0 Å². The molecule has 0 saturated carbocycles. The van der Waals surface area contributed by atoms with Crippen molar-refractivity contribution in [3.05, 3.63) is 12.7 Å². The first-order valence-corrected chi connectivity index (χ1v) is 4.19. The van der Waals surface area contributed by atoms with Crippen molar-refractivity contribution in [2.75, 3.05) is 27.2 Å². The highest BCUT2D eigenvalue weighted by molar-refractivity contribution is 4.82. The molecule has 66 valence electrons. The second kappa shape index (κ2) is 6.38. The third kappa shape index (κ3) is 4.99. The summed E-state index contributed by atoms with van der Waals surface area (Å²) in [6.07, 6.45) is 3.17. The lowest BCUT2D eigenvalue weighted by molar-refractivity contribution is 0.293. The Kier molecular flexibility index (Phi) is 6.18. The first-order chi connectivity index (χ1) is 5.22. The average Bonchev–Trinajstić information content (AvgIpc) is 2.03. The van der Waals surface area contributed by atoms with Crippen LogP contribution in [-0.2, 0) is 0 Å². The van der Waals surface area contributed by atoms with E-state index >= 15 is 0 Å². The molecule has 0 fully saturated rings. The first-order valence-electron chi connectivity index (χ1n) is 4.19. The Morgan fingerprint density at radius 2 is 2.27 bits per heavy atom. The van der Waals surface area contributed by atoms with E-state index in [4.69, 9.17) is 0 Å². The molecule has 2 heteroatoms. The lowest BCUT2D eigenvalue weighted by Gasteiger charge is -2.21. The van der Waals surface area contributed by atoms with Crippen LogP contribution in [0.1, 0.15) is 13.3 Å². The Balaban J connectivity index is 3.35. The zero-order valence-electron chi connectivity index (χ0n) is 7.93. The molecule has 0 aromatic heterocycles. The van der Waals surface area contributed by atoms with Gasteiger partial charge in [0.1, 0.15) is 0 Å². The molecule has 0 aliphatic heterocycles. The van der Waals surface area contributed by atoms with Gasteiger partial charge in [0.2, 0.25) is 0 Å². The molecule has 0 spiro atoms. The van der Waals surface area contributed by atoms with E-state index in [1.807, 2.05) is 13.1 Å². The largest absolute Gasteiger partial charge is 0.320 e. The van der Waals surface area contributed by atoms with Crippen molar-refractivity contribution in [3.8, 4) is 0 Å². The lowest BCUT2D eigenvalue weighted by Crippen LogP contribution is -2.29. The van der Waals surface area contributed by atoms with Crippen LogP contribution >= 0.6 is 0 Å². The summed E-state index contributed by atoms with van der Waals surface area (Å²) in [5, 5.41) is 3.13. The van der Waals surface area contributed by atoms with Crippen molar-refractivity contribution >= 4 is 0 Å². The molecule has 0 aromatic rings. The minimum Gasteiger partial charge on any atom is -0.320 e. The van der Waals surface area contributed by atoms with E-state index in [0.717, 1.165) is 13.1 Å². The fraction of sp³-hybridized carbons (Fsp3) is 0.778. The van der Waals surface area contributed by atoms with Gasteiger partial charge in [0.05, 0.1) is 0 Å². The van der Waals surface area contributed by atoms with Crippen LogP contribution in [0.4, 0.5) is 0 Å². The molecule has 0 amide bonds. The smallest absolute Gasteiger partial charge is 0.0244 e. The minimum absolute atomic E-state index is 0.492. The predicted molar refractivity (Wildman–Crippen MR) is 50.8 cm³/mol. The van der Waals surface area contributed by atoms with E-state index in [2.05, 4.69) is 30.8 Å². The molecule has 2 nitrogen and oxygen atoms in total. The van der Waals surface area contributed by atoms with Crippen molar-refractivity contribution in [2.45, 2.75) is 19.4 Å². The molecule has 0 aliphatic carbocycles. The number of hydrogen-bond donors (Lipinski definition) is 1. The zero-order valence-corrected chi connectivity index (χ0v) is 7.93. The van der Waals surface area contributed by atoms with E-state index in [0.29, 0.717) is 6.04 Å². The summed E-state index contributed by atoms with van der Waals surface area (Å²) in [5.41, 5.74) is 0. The normalized spacial score (nSPS) is 13.5. The molecule has 1 N–H and O–H groups in total. The summed E-state index contributed by atoms with van der Waals surface area (Å²) in [6.45, 7) is 8.14. The van der Waals surface area contributed by atoms with E-state index in [9.17, 15) is 0 Å². The third-order valence-corrected chi connectivity index (χ3v) is 1.97. The molecule has 0 radical (unpaired) electrons. The summed E-state index contributed by atoms with van der Waals surface area (Å²) >= 11 is 0. The molecule has 0 rings (SSSR count). The van der Waals surface area contributed by atoms with Crippen molar-refractivity contribution in [3.63, 3.8) is 0 Å². The SMILES string of the molecule is C=CC(C)N(C)CCCNC. The first kappa shape index (κ1) is 10.7. The molecule has 0 saturated heterocycles. The number of nitrogens with zero attached hydrogens (tertiary/aromatic N) is 1. The van der Waals surface area contributed by atoms with Crippen LogP contribution in [0.2, 0.25) is 0 Å². The summed E-state index contributed by atoms with van der Waals surface area (Å²) in [6, 6.07) is 0.492. The standard InChI is InChI=1S/C9H20N2/c1-5-9(2)11(4)8-6-7-10-3/h5,9-10H,1,6-8H2,2-4H3. The maximum absolute atomic E-state index is 3.75. The van der Waals surface area contributed by atoms with Gasteiger partial charge in [-0.2, -0.15) is 0 Å². The molecule has 1 unspecified atom stereocenters. The summed E-state index contributed by atoms with van der Waals surface area (Å²) in [4.78, 5) is 2.30. The van der Waals surface area contributed by atoms with Crippen LogP contribution in [0.5, 0.6) is 0 Å². The van der Waals surface area contributed by atoms with E-state index in [-0.39, 0.29) is 0 Å². The monoisotopic (exact) mass is 156 g/mol. The molecular formula is C9H20N2. The van der Waals surface area contributed by atoms with Gasteiger partial charge < -0.3 is 10.2 Å². The van der Waals surface area contributed by atoms with Crippen LogP contribution in [0.15, 0.2) is 12.7 Å². The van der Waals surface area contributed by atoms with Gasteiger partial charge in [-0.05, 0) is 40.5 Å². The van der Waals surface area contributed by atoms with E-state index in [1.165, 1.54) is 6.42 Å². The lowest BCUT2D eigenvalue weighted by atomic mass is 10.3. The average molecular weight is 156 g/mol. The quantitative estimate of drug-likeness (QED) is 0.457. The maximum atomic E-state index is 3.75. The van der Waals surface area contributed by atoms with Crippen LogP contribution in [0.3, 0.4) is 0 Å². The summed E-state index contributed by atoms with van der Waals surface area (Å²) < 4.78 is 0. The number of likely N-dealkylation sites (N-methyl/N-ethyl adjacent to an activating group) is 1. The summed E-state index contributed by atoms with van der Waals surface area (Å²) in [5.74, 6) is 0.